The lowest BCUT2D eigenvalue weighted by atomic mass is 9.97. The molecule has 0 atom stereocenters. The molecule has 2 N–H and O–H groups in total. The first-order valence-electron chi connectivity index (χ1n) is 12.0. The van der Waals surface area contributed by atoms with Crippen LogP contribution in [-0.4, -0.2) is 10.5 Å². The van der Waals surface area contributed by atoms with Crippen LogP contribution in [0.2, 0.25) is 0 Å². The molecule has 0 aliphatic heterocycles. The normalized spacial score (nSPS) is 11.0. The van der Waals surface area contributed by atoms with E-state index in [1.165, 1.54) is 10.6 Å². The Labute approximate surface area is 206 Å². The summed E-state index contributed by atoms with van der Waals surface area (Å²) in [5.41, 5.74) is 10.6. The van der Waals surface area contributed by atoms with Crippen LogP contribution in [-0.2, 0) is 19.4 Å². The summed E-state index contributed by atoms with van der Waals surface area (Å²) in [4.78, 5) is 14.0. The Kier molecular flexibility index (Phi) is 7.86. The molecule has 0 spiro atoms. The summed E-state index contributed by atoms with van der Waals surface area (Å²) in [6, 6.07) is 22.0. The third-order valence-electron chi connectivity index (χ3n) is 6.16. The number of benzene rings is 2. The molecule has 0 bridgehead atoms. The predicted molar refractivity (Wildman–Crippen MR) is 141 cm³/mol. The molecule has 0 fully saturated rings. The summed E-state index contributed by atoms with van der Waals surface area (Å²) >= 11 is 1.77. The number of rotatable bonds is 11. The van der Waals surface area contributed by atoms with Crippen LogP contribution < -0.4 is 10.5 Å². The smallest absolute Gasteiger partial charge is 0.251 e. The predicted octanol–water partition coefficient (Wildman–Crippen LogP) is 7.39. The number of nitrogens with zero attached hydrogens (tertiary/aromatic N) is 1. The van der Waals surface area contributed by atoms with Gasteiger partial charge in [-0.25, -0.2) is 0 Å². The zero-order valence-corrected chi connectivity index (χ0v) is 20.7. The number of aromatic nitrogens is 1. The number of carbonyl (C=O) groups excluding carboxylic acids is 1. The van der Waals surface area contributed by atoms with Crippen molar-refractivity contribution in [2.75, 3.05) is 0 Å². The number of amides is 1. The molecule has 2 aromatic carbocycles. The number of hydrogen-bond donors (Lipinski definition) is 1. The lowest BCUT2D eigenvalue weighted by Gasteiger charge is -2.14. The molecule has 0 unspecified atom stereocenters. The van der Waals surface area contributed by atoms with E-state index in [1.807, 2.05) is 61.5 Å². The lowest BCUT2D eigenvalue weighted by molar-refractivity contribution is 0.1000. The second-order valence-electron chi connectivity index (χ2n) is 8.53. The molecular formula is C29H32N2O2S. The molecule has 34 heavy (non-hydrogen) atoms. The fourth-order valence-electron chi connectivity index (χ4n) is 4.53. The van der Waals surface area contributed by atoms with E-state index in [0.29, 0.717) is 5.56 Å². The van der Waals surface area contributed by atoms with Gasteiger partial charge in [-0.2, -0.15) is 0 Å². The second-order valence-corrected chi connectivity index (χ2v) is 9.56. The zero-order valence-electron chi connectivity index (χ0n) is 19.9. The third kappa shape index (κ3) is 5.42. The standard InChI is InChI=1S/C29H32N2O2S/c1-3-4-6-16-26-28(22-11-9-14-24(20-22)33-23-12-7-5-8-13-23)27(29(30)32)21(2)31(26)18-17-25-15-10-19-34-25/h5,7-15,19-20H,3-4,6,16-18H2,1-2H3,(H2,30,32). The summed E-state index contributed by atoms with van der Waals surface area (Å²) in [5, 5.41) is 2.11. The van der Waals surface area contributed by atoms with Gasteiger partial charge in [-0.05, 0) is 67.5 Å². The van der Waals surface area contributed by atoms with Gasteiger partial charge in [-0.15, -0.1) is 11.3 Å². The van der Waals surface area contributed by atoms with Gasteiger partial charge in [-0.1, -0.05) is 56.2 Å². The number of thiophene rings is 1. The maximum atomic E-state index is 12.7. The molecule has 4 rings (SSSR count). The number of ether oxygens (including phenoxy) is 1. The van der Waals surface area contributed by atoms with Gasteiger partial charge in [0, 0.05) is 28.4 Å². The molecule has 1 amide bonds. The Morgan fingerprint density at radius 3 is 2.47 bits per heavy atom. The topological polar surface area (TPSA) is 57.2 Å². The fourth-order valence-corrected chi connectivity index (χ4v) is 5.23. The first-order chi connectivity index (χ1) is 16.6. The van der Waals surface area contributed by atoms with Crippen LogP contribution in [0.5, 0.6) is 11.5 Å². The molecule has 5 heteroatoms. The average Bonchev–Trinajstić information content (AvgIpc) is 3.45. The van der Waals surface area contributed by atoms with E-state index >= 15 is 0 Å². The number of carbonyl (C=O) groups is 1. The first-order valence-corrected chi connectivity index (χ1v) is 12.8. The lowest BCUT2D eigenvalue weighted by Crippen LogP contribution is -2.13. The quantitative estimate of drug-likeness (QED) is 0.231. The Balaban J connectivity index is 1.77. The van der Waals surface area contributed by atoms with Crippen molar-refractivity contribution in [3.8, 4) is 22.6 Å². The average molecular weight is 473 g/mol. The number of hydrogen-bond acceptors (Lipinski definition) is 3. The Bertz CT molecular complexity index is 1230. The summed E-state index contributed by atoms with van der Waals surface area (Å²) in [5.74, 6) is 1.14. The van der Waals surface area contributed by atoms with Crippen molar-refractivity contribution in [1.29, 1.82) is 0 Å². The number of primary amides is 1. The van der Waals surface area contributed by atoms with Crippen molar-refractivity contribution < 1.29 is 9.53 Å². The molecule has 0 aliphatic carbocycles. The van der Waals surface area contributed by atoms with Crippen molar-refractivity contribution in [1.82, 2.24) is 4.57 Å². The van der Waals surface area contributed by atoms with Gasteiger partial charge in [0.25, 0.3) is 5.91 Å². The summed E-state index contributed by atoms with van der Waals surface area (Å²) in [6.07, 6.45) is 5.21. The molecule has 0 saturated carbocycles. The van der Waals surface area contributed by atoms with Crippen LogP contribution in [0.25, 0.3) is 11.1 Å². The highest BCUT2D eigenvalue weighted by atomic mass is 32.1. The van der Waals surface area contributed by atoms with Crippen molar-refractivity contribution >= 4 is 17.2 Å². The van der Waals surface area contributed by atoms with Crippen LogP contribution in [0.15, 0.2) is 72.1 Å². The molecule has 0 saturated heterocycles. The highest BCUT2D eigenvalue weighted by Crippen LogP contribution is 2.36. The van der Waals surface area contributed by atoms with E-state index in [0.717, 1.165) is 67.0 Å². The van der Waals surface area contributed by atoms with Gasteiger partial charge in [0.05, 0.1) is 5.56 Å². The van der Waals surface area contributed by atoms with Crippen molar-refractivity contribution in [2.24, 2.45) is 5.73 Å². The maximum Gasteiger partial charge on any atom is 0.251 e. The van der Waals surface area contributed by atoms with E-state index < -0.39 is 0 Å². The molecule has 4 aromatic rings. The summed E-state index contributed by atoms with van der Waals surface area (Å²) in [7, 11) is 0. The minimum atomic E-state index is -0.381. The van der Waals surface area contributed by atoms with Crippen molar-refractivity contribution in [3.05, 3.63) is 93.9 Å². The highest BCUT2D eigenvalue weighted by molar-refractivity contribution is 7.09. The fraction of sp³-hybridized carbons (Fsp3) is 0.276. The molecule has 176 valence electrons. The number of para-hydroxylation sites is 1. The van der Waals surface area contributed by atoms with Crippen LogP contribution >= 0.6 is 11.3 Å². The SMILES string of the molecule is CCCCCc1c(-c2cccc(Oc3ccccc3)c2)c(C(N)=O)c(C)n1CCc1cccs1. The minimum Gasteiger partial charge on any atom is -0.457 e. The Morgan fingerprint density at radius 1 is 0.971 bits per heavy atom. The van der Waals surface area contributed by atoms with Gasteiger partial charge in [0.2, 0.25) is 0 Å². The number of nitrogens with two attached hydrogens (primary N) is 1. The third-order valence-corrected chi connectivity index (χ3v) is 7.09. The summed E-state index contributed by atoms with van der Waals surface area (Å²) in [6.45, 7) is 5.06. The van der Waals surface area contributed by atoms with Gasteiger partial charge >= 0.3 is 0 Å². The largest absolute Gasteiger partial charge is 0.457 e. The van der Waals surface area contributed by atoms with Crippen LogP contribution in [0, 0.1) is 6.92 Å². The molecule has 4 nitrogen and oxygen atoms in total. The van der Waals surface area contributed by atoms with Gasteiger partial charge < -0.3 is 15.0 Å². The van der Waals surface area contributed by atoms with E-state index in [-0.39, 0.29) is 5.91 Å². The van der Waals surface area contributed by atoms with Gasteiger partial charge in [0.15, 0.2) is 0 Å². The molecule has 2 heterocycles. The van der Waals surface area contributed by atoms with Gasteiger partial charge in [0.1, 0.15) is 11.5 Å². The first kappa shape index (κ1) is 23.8. The molecule has 2 aromatic heterocycles. The Morgan fingerprint density at radius 2 is 1.76 bits per heavy atom. The minimum absolute atomic E-state index is 0.381. The van der Waals surface area contributed by atoms with Crippen molar-refractivity contribution in [2.45, 2.75) is 52.5 Å². The number of unbranched alkanes of at least 4 members (excludes halogenated alkanes) is 2. The summed E-state index contributed by atoms with van der Waals surface area (Å²) < 4.78 is 8.41. The van der Waals surface area contributed by atoms with Crippen LogP contribution in [0.4, 0.5) is 0 Å². The maximum absolute atomic E-state index is 12.7. The van der Waals surface area contributed by atoms with Crippen molar-refractivity contribution in [3.63, 3.8) is 0 Å². The van der Waals surface area contributed by atoms with E-state index in [2.05, 4.69) is 29.0 Å². The van der Waals surface area contributed by atoms with Gasteiger partial charge in [-0.3, -0.25) is 4.79 Å². The second kappa shape index (κ2) is 11.2. The molecule has 0 aliphatic rings. The number of aryl methyl sites for hydroxylation is 1. The monoisotopic (exact) mass is 472 g/mol. The van der Waals surface area contributed by atoms with E-state index in [4.69, 9.17) is 10.5 Å². The van der Waals surface area contributed by atoms with E-state index in [1.54, 1.807) is 11.3 Å². The highest BCUT2D eigenvalue weighted by Gasteiger charge is 2.25. The Hall–Kier alpha value is -3.31. The zero-order chi connectivity index (χ0) is 23.9. The van der Waals surface area contributed by atoms with Crippen LogP contribution in [0.1, 0.15) is 52.8 Å². The molecule has 0 radical (unpaired) electrons. The van der Waals surface area contributed by atoms with Crippen LogP contribution in [0.3, 0.4) is 0 Å². The van der Waals surface area contributed by atoms with E-state index in [9.17, 15) is 4.79 Å². The molecular weight excluding hydrogens is 440 g/mol.